The maximum absolute atomic E-state index is 12.0. The molecule has 7 heteroatoms. The van der Waals surface area contributed by atoms with Gasteiger partial charge >= 0.3 is 6.03 Å². The van der Waals surface area contributed by atoms with Crippen LogP contribution in [-0.4, -0.2) is 73.2 Å². The molecule has 26 heavy (non-hydrogen) atoms. The Balaban J connectivity index is 1.48. The van der Waals surface area contributed by atoms with Crippen LogP contribution >= 0.6 is 11.8 Å². The minimum Gasteiger partial charge on any atom is -0.356 e. The summed E-state index contributed by atoms with van der Waals surface area (Å²) in [5.74, 6) is 1.18. The van der Waals surface area contributed by atoms with E-state index in [4.69, 9.17) is 0 Å². The highest BCUT2D eigenvalue weighted by Gasteiger charge is 2.42. The van der Waals surface area contributed by atoms with Gasteiger partial charge in [-0.15, -0.1) is 0 Å². The first-order valence-corrected chi connectivity index (χ1v) is 11.2. The van der Waals surface area contributed by atoms with E-state index in [1.807, 2.05) is 11.8 Å². The molecule has 2 saturated heterocycles. The molecule has 3 unspecified atom stereocenters. The van der Waals surface area contributed by atoms with Crippen LogP contribution in [0.5, 0.6) is 0 Å². The summed E-state index contributed by atoms with van der Waals surface area (Å²) in [6.07, 6.45) is 7.21. The second-order valence-electron chi connectivity index (χ2n) is 8.31. The van der Waals surface area contributed by atoms with E-state index < -0.39 is 0 Å². The second kappa shape index (κ2) is 10.4. The van der Waals surface area contributed by atoms with E-state index in [0.717, 1.165) is 49.0 Å². The number of urea groups is 1. The third kappa shape index (κ3) is 6.99. The summed E-state index contributed by atoms with van der Waals surface area (Å²) in [4.78, 5) is 23.3. The lowest BCUT2D eigenvalue weighted by Crippen LogP contribution is -2.42. The lowest BCUT2D eigenvalue weighted by molar-refractivity contribution is -0.890. The fraction of sp³-hybridized carbons (Fsp3) is 0.895. The van der Waals surface area contributed by atoms with Crippen LogP contribution in [0.2, 0.25) is 0 Å². The van der Waals surface area contributed by atoms with Gasteiger partial charge in [0.2, 0.25) is 5.91 Å². The summed E-state index contributed by atoms with van der Waals surface area (Å²) < 4.78 is 1.04. The number of fused-ring (bicyclic) bond motifs is 1. The summed E-state index contributed by atoms with van der Waals surface area (Å²) in [5, 5.41) is 9.54. The van der Waals surface area contributed by atoms with Crippen LogP contribution in [0.15, 0.2) is 0 Å². The zero-order valence-corrected chi connectivity index (χ0v) is 17.5. The number of hydrogen-bond donors (Lipinski definition) is 3. The molecule has 0 aromatic rings. The average molecular weight is 386 g/mol. The Morgan fingerprint density at radius 2 is 1.96 bits per heavy atom. The SMILES string of the molecule is CCCC[N+](C)(C)CCCNC(=O)CCCCC1SCC2NC(=O)NC21. The lowest BCUT2D eigenvalue weighted by Gasteiger charge is -2.29. The highest BCUT2D eigenvalue weighted by atomic mass is 32.2. The molecule has 0 aromatic carbocycles. The number of quaternary nitrogens is 1. The van der Waals surface area contributed by atoms with Crippen molar-refractivity contribution in [3.63, 3.8) is 0 Å². The standard InChI is InChI=1S/C19H36N4O2S/c1-4-5-12-23(2,3)13-8-11-20-17(24)10-7-6-9-16-18-15(14-26-16)21-19(25)22-18/h15-16,18H,4-14H2,1-3H3,(H2-,20,21,22,24,25)/p+1. The van der Waals surface area contributed by atoms with Crippen LogP contribution in [0, 0.1) is 0 Å². The zero-order chi connectivity index (χ0) is 19.0. The Labute approximate surface area is 162 Å². The third-order valence-electron chi connectivity index (χ3n) is 5.46. The van der Waals surface area contributed by atoms with E-state index in [1.165, 1.54) is 19.4 Å². The largest absolute Gasteiger partial charge is 0.356 e. The van der Waals surface area contributed by atoms with Gasteiger partial charge in [-0.2, -0.15) is 11.8 Å². The topological polar surface area (TPSA) is 70.2 Å². The second-order valence-corrected chi connectivity index (χ2v) is 9.58. The minimum absolute atomic E-state index is 0.0267. The zero-order valence-electron chi connectivity index (χ0n) is 16.7. The minimum atomic E-state index is -0.0267. The molecule has 2 rings (SSSR count). The Bertz CT molecular complexity index is 472. The van der Waals surface area contributed by atoms with Crippen molar-refractivity contribution in [1.82, 2.24) is 16.0 Å². The number of carbonyl (C=O) groups excluding carboxylic acids is 2. The number of hydrogen-bond acceptors (Lipinski definition) is 3. The molecule has 2 aliphatic heterocycles. The van der Waals surface area contributed by atoms with Crippen molar-refractivity contribution in [2.75, 3.05) is 39.5 Å². The highest BCUT2D eigenvalue weighted by Crippen LogP contribution is 2.33. The predicted molar refractivity (Wildman–Crippen MR) is 108 cm³/mol. The molecule has 3 amide bonds. The first-order valence-electron chi connectivity index (χ1n) is 10.2. The van der Waals surface area contributed by atoms with Gasteiger partial charge in [0.1, 0.15) is 0 Å². The summed E-state index contributed by atoms with van der Waals surface area (Å²) in [6, 6.07) is 0.539. The number of nitrogens with zero attached hydrogens (tertiary/aromatic N) is 1. The molecule has 0 spiro atoms. The normalized spacial score (nSPS) is 24.9. The number of carbonyl (C=O) groups is 2. The molecule has 0 bridgehead atoms. The fourth-order valence-electron chi connectivity index (χ4n) is 3.80. The molecule has 3 N–H and O–H groups in total. The van der Waals surface area contributed by atoms with Gasteiger partial charge in [0, 0.05) is 30.4 Å². The van der Waals surface area contributed by atoms with Crippen LogP contribution in [0.1, 0.15) is 51.9 Å². The monoisotopic (exact) mass is 385 g/mol. The molecule has 0 radical (unpaired) electrons. The van der Waals surface area contributed by atoms with Gasteiger partial charge in [0.25, 0.3) is 0 Å². The number of rotatable bonds is 12. The van der Waals surface area contributed by atoms with Gasteiger partial charge in [-0.3, -0.25) is 4.79 Å². The van der Waals surface area contributed by atoms with Crippen LogP contribution in [0.3, 0.4) is 0 Å². The molecular formula is C19H37N4O2S+. The van der Waals surface area contributed by atoms with Crippen molar-refractivity contribution in [2.45, 2.75) is 69.2 Å². The number of thioether (sulfide) groups is 1. The molecule has 3 atom stereocenters. The molecule has 0 saturated carbocycles. The van der Waals surface area contributed by atoms with E-state index in [9.17, 15) is 9.59 Å². The molecule has 0 aliphatic carbocycles. The molecule has 0 aromatic heterocycles. The maximum atomic E-state index is 12.0. The first kappa shape index (κ1) is 21.4. The predicted octanol–water partition coefficient (Wildman–Crippen LogP) is 2.10. The highest BCUT2D eigenvalue weighted by molar-refractivity contribution is 8.00. The maximum Gasteiger partial charge on any atom is 0.315 e. The van der Waals surface area contributed by atoms with Gasteiger partial charge < -0.3 is 20.4 Å². The fourth-order valence-corrected chi connectivity index (χ4v) is 5.34. The van der Waals surface area contributed by atoms with E-state index >= 15 is 0 Å². The smallest absolute Gasteiger partial charge is 0.315 e. The number of nitrogens with one attached hydrogen (secondary N) is 3. The van der Waals surface area contributed by atoms with Gasteiger partial charge in [-0.1, -0.05) is 19.8 Å². The number of amides is 3. The van der Waals surface area contributed by atoms with Crippen molar-refractivity contribution >= 4 is 23.7 Å². The van der Waals surface area contributed by atoms with E-state index in [2.05, 4.69) is 37.0 Å². The molecule has 150 valence electrons. The van der Waals surface area contributed by atoms with E-state index in [-0.39, 0.29) is 18.0 Å². The van der Waals surface area contributed by atoms with Gasteiger partial charge in [0.05, 0.1) is 39.3 Å². The summed E-state index contributed by atoms with van der Waals surface area (Å²) >= 11 is 1.94. The van der Waals surface area contributed by atoms with Gasteiger partial charge in [0.15, 0.2) is 0 Å². The third-order valence-corrected chi connectivity index (χ3v) is 6.97. The Hall–Kier alpha value is -0.950. The quantitative estimate of drug-likeness (QED) is 0.274. The van der Waals surface area contributed by atoms with Gasteiger partial charge in [-0.25, -0.2) is 4.79 Å². The number of unbranched alkanes of at least 4 members (excludes halogenated alkanes) is 2. The van der Waals surface area contributed by atoms with Crippen LogP contribution < -0.4 is 16.0 Å². The Kier molecular flexibility index (Phi) is 8.54. The summed E-state index contributed by atoms with van der Waals surface area (Å²) in [7, 11) is 4.54. The van der Waals surface area contributed by atoms with Crippen LogP contribution in [0.25, 0.3) is 0 Å². The van der Waals surface area contributed by atoms with Crippen molar-refractivity contribution in [2.24, 2.45) is 0 Å². The van der Waals surface area contributed by atoms with Crippen molar-refractivity contribution in [3.05, 3.63) is 0 Å². The van der Waals surface area contributed by atoms with Gasteiger partial charge in [-0.05, 0) is 19.3 Å². The lowest BCUT2D eigenvalue weighted by atomic mass is 10.0. The Morgan fingerprint density at radius 3 is 2.73 bits per heavy atom. The van der Waals surface area contributed by atoms with Crippen LogP contribution in [-0.2, 0) is 4.79 Å². The molecule has 2 fully saturated rings. The molecule has 2 aliphatic rings. The van der Waals surface area contributed by atoms with Crippen LogP contribution in [0.4, 0.5) is 4.79 Å². The molecule has 6 nitrogen and oxygen atoms in total. The molecular weight excluding hydrogens is 348 g/mol. The van der Waals surface area contributed by atoms with Crippen molar-refractivity contribution in [1.29, 1.82) is 0 Å². The summed E-state index contributed by atoms with van der Waals surface area (Å²) in [5.41, 5.74) is 0. The van der Waals surface area contributed by atoms with Crippen molar-refractivity contribution in [3.8, 4) is 0 Å². The average Bonchev–Trinajstić information content (AvgIpc) is 3.13. The van der Waals surface area contributed by atoms with Crippen molar-refractivity contribution < 1.29 is 14.1 Å². The molecule has 2 heterocycles. The first-order chi connectivity index (χ1) is 12.4. The van der Waals surface area contributed by atoms with E-state index in [0.29, 0.717) is 17.7 Å². The van der Waals surface area contributed by atoms with E-state index in [1.54, 1.807) is 0 Å². The summed E-state index contributed by atoms with van der Waals surface area (Å²) in [6.45, 7) is 5.33. The Morgan fingerprint density at radius 1 is 1.19 bits per heavy atom.